The van der Waals surface area contributed by atoms with Gasteiger partial charge >= 0.3 is 0 Å². The first-order chi connectivity index (χ1) is 9.17. The Hall–Kier alpha value is -1.67. The standard InChI is InChI=1S/C12H16N2O5/c15-6-9-10(16)11(17)12(19-9)14-8-4-2-1-3-7(8)5-13-18/h1-5,9-12,14-18H,6H2/b13-5-. The number of anilines is 1. The quantitative estimate of drug-likeness (QED) is 0.281. The number of rotatable bonds is 4. The molecule has 0 aromatic heterocycles. The van der Waals surface area contributed by atoms with Crippen LogP contribution in [0.2, 0.25) is 0 Å². The lowest BCUT2D eigenvalue weighted by atomic mass is 10.1. The number of nitrogens with one attached hydrogen (secondary N) is 1. The number of oxime groups is 1. The molecule has 7 heteroatoms. The minimum Gasteiger partial charge on any atom is -0.411 e. The summed E-state index contributed by atoms with van der Waals surface area (Å²) in [7, 11) is 0. The molecule has 1 fully saturated rings. The predicted octanol–water partition coefficient (Wildman–Crippen LogP) is -0.654. The van der Waals surface area contributed by atoms with Crippen LogP contribution >= 0.6 is 0 Å². The zero-order valence-electron chi connectivity index (χ0n) is 10.0. The molecule has 0 aliphatic carbocycles. The third kappa shape index (κ3) is 2.85. The van der Waals surface area contributed by atoms with Crippen LogP contribution in [0.25, 0.3) is 0 Å². The van der Waals surface area contributed by atoms with Gasteiger partial charge in [0, 0.05) is 11.3 Å². The summed E-state index contributed by atoms with van der Waals surface area (Å²) in [5, 5.41) is 42.9. The van der Waals surface area contributed by atoms with Gasteiger partial charge in [0.15, 0.2) is 6.23 Å². The summed E-state index contributed by atoms with van der Waals surface area (Å²) < 4.78 is 5.30. The van der Waals surface area contributed by atoms with Gasteiger partial charge in [-0.25, -0.2) is 0 Å². The van der Waals surface area contributed by atoms with E-state index < -0.39 is 24.5 Å². The molecule has 2 rings (SSSR count). The Bertz CT molecular complexity index is 454. The predicted molar refractivity (Wildman–Crippen MR) is 67.2 cm³/mol. The summed E-state index contributed by atoms with van der Waals surface area (Å²) in [6.45, 7) is -0.379. The van der Waals surface area contributed by atoms with Gasteiger partial charge in [-0.15, -0.1) is 0 Å². The van der Waals surface area contributed by atoms with Crippen molar-refractivity contribution in [2.75, 3.05) is 11.9 Å². The van der Waals surface area contributed by atoms with Gasteiger partial charge in [-0.3, -0.25) is 0 Å². The first-order valence-electron chi connectivity index (χ1n) is 5.83. The summed E-state index contributed by atoms with van der Waals surface area (Å²) in [4.78, 5) is 0. The number of aliphatic hydroxyl groups excluding tert-OH is 3. The van der Waals surface area contributed by atoms with Gasteiger partial charge < -0.3 is 30.6 Å². The minimum absolute atomic E-state index is 0.379. The van der Waals surface area contributed by atoms with Gasteiger partial charge in [-0.1, -0.05) is 23.4 Å². The lowest BCUT2D eigenvalue weighted by molar-refractivity contribution is -0.0153. The fraction of sp³-hybridized carbons (Fsp3) is 0.417. The van der Waals surface area contributed by atoms with Crippen LogP contribution in [0.5, 0.6) is 0 Å². The Balaban J connectivity index is 2.14. The van der Waals surface area contributed by atoms with Crippen LogP contribution in [0.15, 0.2) is 29.4 Å². The van der Waals surface area contributed by atoms with E-state index >= 15 is 0 Å². The number of hydrogen-bond donors (Lipinski definition) is 5. The average Bonchev–Trinajstić information content (AvgIpc) is 2.69. The second-order valence-corrected chi connectivity index (χ2v) is 4.24. The Morgan fingerprint density at radius 1 is 1.26 bits per heavy atom. The van der Waals surface area contributed by atoms with Gasteiger partial charge in [-0.05, 0) is 6.07 Å². The van der Waals surface area contributed by atoms with Gasteiger partial charge in [0.05, 0.1) is 12.8 Å². The molecular formula is C12H16N2O5. The maximum Gasteiger partial charge on any atom is 0.157 e. The molecule has 19 heavy (non-hydrogen) atoms. The van der Waals surface area contributed by atoms with E-state index in [9.17, 15) is 10.2 Å². The van der Waals surface area contributed by atoms with Gasteiger partial charge in [0.25, 0.3) is 0 Å². The molecule has 104 valence electrons. The van der Waals surface area contributed by atoms with Crippen LogP contribution in [0, 0.1) is 0 Å². The average molecular weight is 268 g/mol. The molecular weight excluding hydrogens is 252 g/mol. The molecule has 5 N–H and O–H groups in total. The minimum atomic E-state index is -1.16. The molecule has 0 bridgehead atoms. The van der Waals surface area contributed by atoms with Crippen LogP contribution in [0.4, 0.5) is 5.69 Å². The first-order valence-corrected chi connectivity index (χ1v) is 5.83. The van der Waals surface area contributed by atoms with Crippen molar-refractivity contribution in [3.8, 4) is 0 Å². The van der Waals surface area contributed by atoms with Crippen molar-refractivity contribution < 1.29 is 25.3 Å². The molecule has 0 amide bonds. The summed E-state index contributed by atoms with van der Waals surface area (Å²) >= 11 is 0. The number of nitrogens with zero attached hydrogens (tertiary/aromatic N) is 1. The molecule has 1 aliphatic rings. The molecule has 0 radical (unpaired) electrons. The normalized spacial score (nSPS) is 30.9. The molecule has 0 spiro atoms. The van der Waals surface area contributed by atoms with Crippen molar-refractivity contribution in [2.45, 2.75) is 24.5 Å². The smallest absolute Gasteiger partial charge is 0.157 e. The van der Waals surface area contributed by atoms with E-state index in [4.69, 9.17) is 15.1 Å². The number of aliphatic hydroxyl groups is 3. The van der Waals surface area contributed by atoms with Crippen LogP contribution in [0.3, 0.4) is 0 Å². The third-order valence-electron chi connectivity index (χ3n) is 3.00. The Morgan fingerprint density at radius 3 is 2.63 bits per heavy atom. The third-order valence-corrected chi connectivity index (χ3v) is 3.00. The molecule has 0 saturated carbocycles. The second-order valence-electron chi connectivity index (χ2n) is 4.24. The number of benzene rings is 1. The fourth-order valence-corrected chi connectivity index (χ4v) is 1.98. The van der Waals surface area contributed by atoms with Crippen molar-refractivity contribution in [1.82, 2.24) is 0 Å². The van der Waals surface area contributed by atoms with Crippen molar-refractivity contribution in [1.29, 1.82) is 0 Å². The van der Waals surface area contributed by atoms with E-state index in [1.807, 2.05) is 0 Å². The van der Waals surface area contributed by atoms with Crippen molar-refractivity contribution in [3.63, 3.8) is 0 Å². The van der Waals surface area contributed by atoms with Gasteiger partial charge in [0.2, 0.25) is 0 Å². The van der Waals surface area contributed by atoms with E-state index in [0.29, 0.717) is 11.3 Å². The highest BCUT2D eigenvalue weighted by atomic mass is 16.6. The van der Waals surface area contributed by atoms with Gasteiger partial charge in [0.1, 0.15) is 18.3 Å². The zero-order valence-corrected chi connectivity index (χ0v) is 10.0. The molecule has 7 nitrogen and oxygen atoms in total. The molecule has 1 aromatic carbocycles. The Morgan fingerprint density at radius 2 is 2.00 bits per heavy atom. The van der Waals surface area contributed by atoms with Crippen LogP contribution < -0.4 is 5.32 Å². The van der Waals surface area contributed by atoms with E-state index in [1.165, 1.54) is 6.21 Å². The number of ether oxygens (including phenoxy) is 1. The Labute approximate surface area is 109 Å². The lowest BCUT2D eigenvalue weighted by Crippen LogP contribution is -2.36. The second kappa shape index (κ2) is 5.98. The number of para-hydroxylation sites is 1. The van der Waals surface area contributed by atoms with E-state index in [1.54, 1.807) is 24.3 Å². The molecule has 1 heterocycles. The molecule has 4 atom stereocenters. The highest BCUT2D eigenvalue weighted by Gasteiger charge is 2.42. The lowest BCUT2D eigenvalue weighted by Gasteiger charge is -2.18. The van der Waals surface area contributed by atoms with Gasteiger partial charge in [-0.2, -0.15) is 0 Å². The topological polar surface area (TPSA) is 115 Å². The first kappa shape index (κ1) is 13.8. The maximum atomic E-state index is 9.81. The maximum absolute atomic E-state index is 9.81. The summed E-state index contributed by atoms with van der Waals surface area (Å²) in [6, 6.07) is 6.95. The molecule has 1 aliphatic heterocycles. The summed E-state index contributed by atoms with van der Waals surface area (Å²) in [5.74, 6) is 0. The zero-order chi connectivity index (χ0) is 13.8. The van der Waals surface area contributed by atoms with Crippen molar-refractivity contribution in [3.05, 3.63) is 29.8 Å². The van der Waals surface area contributed by atoms with Crippen molar-refractivity contribution in [2.24, 2.45) is 5.16 Å². The van der Waals surface area contributed by atoms with Crippen LogP contribution in [-0.4, -0.2) is 57.9 Å². The Kier molecular flexibility index (Phi) is 4.33. The monoisotopic (exact) mass is 268 g/mol. The fourth-order valence-electron chi connectivity index (χ4n) is 1.98. The molecule has 1 aromatic rings. The van der Waals surface area contributed by atoms with E-state index in [-0.39, 0.29) is 6.61 Å². The summed E-state index contributed by atoms with van der Waals surface area (Å²) in [5.41, 5.74) is 1.18. The molecule has 4 unspecified atom stereocenters. The summed E-state index contributed by atoms with van der Waals surface area (Å²) in [6.07, 6.45) is -2.74. The van der Waals surface area contributed by atoms with Crippen LogP contribution in [-0.2, 0) is 4.74 Å². The van der Waals surface area contributed by atoms with Crippen molar-refractivity contribution >= 4 is 11.9 Å². The molecule has 1 saturated heterocycles. The number of hydrogen-bond acceptors (Lipinski definition) is 7. The highest BCUT2D eigenvalue weighted by Crippen LogP contribution is 2.24. The van der Waals surface area contributed by atoms with Crippen LogP contribution in [0.1, 0.15) is 5.56 Å². The SMILES string of the molecule is OCC1OC(Nc2ccccc2/C=N\O)C(O)C1O. The highest BCUT2D eigenvalue weighted by molar-refractivity contribution is 5.87. The van der Waals surface area contributed by atoms with E-state index in [0.717, 1.165) is 0 Å². The largest absolute Gasteiger partial charge is 0.411 e. The van der Waals surface area contributed by atoms with E-state index in [2.05, 4.69) is 10.5 Å².